The maximum Gasteiger partial charge on any atom is 0.237 e. The van der Waals surface area contributed by atoms with Gasteiger partial charge in [0.1, 0.15) is 0 Å². The summed E-state index contributed by atoms with van der Waals surface area (Å²) in [6.07, 6.45) is 3.21. The molecule has 1 saturated carbocycles. The van der Waals surface area contributed by atoms with Gasteiger partial charge in [-0.25, -0.2) is 0 Å². The van der Waals surface area contributed by atoms with E-state index in [0.717, 1.165) is 58.5 Å². The largest absolute Gasteiger partial charge is 0.352 e. The molecule has 4 rings (SSSR count). The molecule has 6 nitrogen and oxygen atoms in total. The van der Waals surface area contributed by atoms with Gasteiger partial charge in [0.15, 0.2) is 0 Å². The fourth-order valence-electron chi connectivity index (χ4n) is 3.81. The molecule has 1 N–H and O–H groups in total. The number of carbonyl (C=O) groups excluding carboxylic acids is 2. The molecule has 2 fully saturated rings. The minimum atomic E-state index is 0.143. The van der Waals surface area contributed by atoms with Crippen molar-refractivity contribution < 1.29 is 9.59 Å². The number of hydrogen-bond donors (Lipinski definition) is 1. The topological polar surface area (TPSA) is 55.9 Å². The summed E-state index contributed by atoms with van der Waals surface area (Å²) in [6.45, 7) is 5.95. The highest BCUT2D eigenvalue weighted by molar-refractivity contribution is 5.79. The number of fused-ring (bicyclic) bond motifs is 1. The first-order valence-corrected chi connectivity index (χ1v) is 9.76. The molecular weight excluding hydrogens is 328 g/mol. The normalized spacial score (nSPS) is 21.3. The van der Waals surface area contributed by atoms with Gasteiger partial charge >= 0.3 is 0 Å². The first kappa shape index (κ1) is 17.5. The van der Waals surface area contributed by atoms with E-state index in [-0.39, 0.29) is 11.8 Å². The lowest BCUT2D eigenvalue weighted by Gasteiger charge is -2.36. The van der Waals surface area contributed by atoms with Crippen LogP contribution in [0.25, 0.3) is 0 Å². The monoisotopic (exact) mass is 356 g/mol. The van der Waals surface area contributed by atoms with Crippen LogP contribution in [0.1, 0.15) is 24.0 Å². The Bertz CT molecular complexity index is 666. The van der Waals surface area contributed by atoms with Crippen molar-refractivity contribution in [2.45, 2.75) is 31.8 Å². The van der Waals surface area contributed by atoms with Gasteiger partial charge < -0.3 is 10.2 Å². The molecule has 0 bridgehead atoms. The van der Waals surface area contributed by atoms with Crippen LogP contribution in [0.4, 0.5) is 0 Å². The summed E-state index contributed by atoms with van der Waals surface area (Å²) in [4.78, 5) is 31.0. The SMILES string of the molecule is O=C(CN1CCN(CC(=O)N2CCc3ccccc3C2)CC1)NC1CC1. The van der Waals surface area contributed by atoms with Crippen LogP contribution in [0.3, 0.4) is 0 Å². The lowest BCUT2D eigenvalue weighted by molar-refractivity contribution is -0.134. The molecule has 0 radical (unpaired) electrons. The highest BCUT2D eigenvalue weighted by Crippen LogP contribution is 2.19. The highest BCUT2D eigenvalue weighted by atomic mass is 16.2. The van der Waals surface area contributed by atoms with E-state index < -0.39 is 0 Å². The predicted octanol–water partition coefficient (Wildman–Crippen LogP) is 0.468. The zero-order valence-electron chi connectivity index (χ0n) is 15.3. The van der Waals surface area contributed by atoms with E-state index in [2.05, 4.69) is 33.3 Å². The fraction of sp³-hybridized carbons (Fsp3) is 0.600. The summed E-state index contributed by atoms with van der Waals surface area (Å²) in [5.74, 6) is 0.364. The molecule has 2 aliphatic heterocycles. The summed E-state index contributed by atoms with van der Waals surface area (Å²) >= 11 is 0. The van der Waals surface area contributed by atoms with Crippen LogP contribution in [0.5, 0.6) is 0 Å². The number of carbonyl (C=O) groups is 2. The van der Waals surface area contributed by atoms with Crippen molar-refractivity contribution in [1.82, 2.24) is 20.0 Å². The van der Waals surface area contributed by atoms with Gasteiger partial charge in [0, 0.05) is 45.3 Å². The Morgan fingerprint density at radius 3 is 2.27 bits per heavy atom. The maximum atomic E-state index is 12.7. The molecule has 3 aliphatic rings. The Labute approximate surface area is 155 Å². The minimum Gasteiger partial charge on any atom is -0.352 e. The molecule has 140 valence electrons. The van der Waals surface area contributed by atoms with E-state index in [0.29, 0.717) is 19.1 Å². The summed E-state index contributed by atoms with van der Waals surface area (Å²) < 4.78 is 0. The molecule has 2 amide bonds. The smallest absolute Gasteiger partial charge is 0.237 e. The van der Waals surface area contributed by atoms with Crippen LogP contribution >= 0.6 is 0 Å². The molecule has 0 spiro atoms. The van der Waals surface area contributed by atoms with E-state index in [9.17, 15) is 9.59 Å². The van der Waals surface area contributed by atoms with Crippen LogP contribution in [0, 0.1) is 0 Å². The third-order valence-electron chi connectivity index (χ3n) is 5.62. The Balaban J connectivity index is 1.20. The molecule has 2 heterocycles. The summed E-state index contributed by atoms with van der Waals surface area (Å²) in [7, 11) is 0. The minimum absolute atomic E-state index is 0.143. The summed E-state index contributed by atoms with van der Waals surface area (Å²) in [6, 6.07) is 8.83. The second-order valence-corrected chi connectivity index (χ2v) is 7.73. The van der Waals surface area contributed by atoms with Gasteiger partial charge in [-0.05, 0) is 30.4 Å². The lowest BCUT2D eigenvalue weighted by Crippen LogP contribution is -2.52. The van der Waals surface area contributed by atoms with Gasteiger partial charge in [-0.2, -0.15) is 0 Å². The fourth-order valence-corrected chi connectivity index (χ4v) is 3.81. The van der Waals surface area contributed by atoms with Gasteiger partial charge in [0.05, 0.1) is 13.1 Å². The van der Waals surface area contributed by atoms with Crippen LogP contribution < -0.4 is 5.32 Å². The van der Waals surface area contributed by atoms with Gasteiger partial charge in [-0.15, -0.1) is 0 Å². The van der Waals surface area contributed by atoms with Gasteiger partial charge in [-0.3, -0.25) is 19.4 Å². The Morgan fingerprint density at radius 1 is 0.923 bits per heavy atom. The van der Waals surface area contributed by atoms with Crippen LogP contribution in [-0.2, 0) is 22.6 Å². The van der Waals surface area contributed by atoms with E-state index >= 15 is 0 Å². The number of hydrogen-bond acceptors (Lipinski definition) is 4. The molecule has 0 aromatic heterocycles. The summed E-state index contributed by atoms with van der Waals surface area (Å²) in [5.41, 5.74) is 2.65. The number of benzene rings is 1. The van der Waals surface area contributed by atoms with Crippen LogP contribution in [-0.4, -0.2) is 78.4 Å². The Morgan fingerprint density at radius 2 is 1.58 bits per heavy atom. The zero-order valence-corrected chi connectivity index (χ0v) is 15.3. The molecule has 26 heavy (non-hydrogen) atoms. The van der Waals surface area contributed by atoms with Gasteiger partial charge in [-0.1, -0.05) is 24.3 Å². The number of piperazine rings is 1. The van der Waals surface area contributed by atoms with E-state index in [1.807, 2.05) is 11.0 Å². The lowest BCUT2D eigenvalue weighted by atomic mass is 10.00. The molecule has 1 saturated heterocycles. The molecule has 1 aromatic rings. The molecular formula is C20H28N4O2. The highest BCUT2D eigenvalue weighted by Gasteiger charge is 2.27. The van der Waals surface area contributed by atoms with Crippen molar-refractivity contribution >= 4 is 11.8 Å². The second-order valence-electron chi connectivity index (χ2n) is 7.73. The van der Waals surface area contributed by atoms with E-state index in [4.69, 9.17) is 0 Å². The molecule has 1 aromatic carbocycles. The first-order chi connectivity index (χ1) is 12.7. The second kappa shape index (κ2) is 7.76. The molecule has 0 atom stereocenters. The van der Waals surface area contributed by atoms with Crippen molar-refractivity contribution in [3.05, 3.63) is 35.4 Å². The standard InChI is InChI=1S/C20H28N4O2/c25-19(21-18-5-6-18)14-22-9-11-23(12-10-22)15-20(26)24-8-7-16-3-1-2-4-17(16)13-24/h1-4,18H,5-15H2,(H,21,25). The zero-order chi connectivity index (χ0) is 17.9. The maximum absolute atomic E-state index is 12.7. The number of nitrogens with one attached hydrogen (secondary N) is 1. The first-order valence-electron chi connectivity index (χ1n) is 9.76. The van der Waals surface area contributed by atoms with E-state index in [1.165, 1.54) is 11.1 Å². The van der Waals surface area contributed by atoms with Gasteiger partial charge in [0.25, 0.3) is 0 Å². The predicted molar refractivity (Wildman–Crippen MR) is 99.6 cm³/mol. The van der Waals surface area contributed by atoms with Crippen molar-refractivity contribution in [2.75, 3.05) is 45.8 Å². The Hall–Kier alpha value is -1.92. The van der Waals surface area contributed by atoms with Gasteiger partial charge in [0.2, 0.25) is 11.8 Å². The quantitative estimate of drug-likeness (QED) is 0.833. The Kier molecular flexibility index (Phi) is 5.22. The third kappa shape index (κ3) is 4.43. The average molecular weight is 356 g/mol. The number of rotatable bonds is 5. The van der Waals surface area contributed by atoms with Crippen molar-refractivity contribution in [2.24, 2.45) is 0 Å². The van der Waals surface area contributed by atoms with Crippen LogP contribution in [0.15, 0.2) is 24.3 Å². The van der Waals surface area contributed by atoms with Crippen molar-refractivity contribution in [1.29, 1.82) is 0 Å². The summed E-state index contributed by atoms with van der Waals surface area (Å²) in [5, 5.41) is 3.04. The third-order valence-corrected chi connectivity index (χ3v) is 5.62. The average Bonchev–Trinajstić information content (AvgIpc) is 3.46. The number of nitrogens with zero attached hydrogens (tertiary/aromatic N) is 3. The van der Waals surface area contributed by atoms with E-state index in [1.54, 1.807) is 0 Å². The molecule has 0 unspecified atom stereocenters. The van der Waals surface area contributed by atoms with Crippen LogP contribution in [0.2, 0.25) is 0 Å². The molecule has 6 heteroatoms. The molecule has 1 aliphatic carbocycles. The number of amides is 2. The van der Waals surface area contributed by atoms with Crippen molar-refractivity contribution in [3.8, 4) is 0 Å². The van der Waals surface area contributed by atoms with Crippen molar-refractivity contribution in [3.63, 3.8) is 0 Å².